The highest BCUT2D eigenvalue weighted by Crippen LogP contribution is 1.94. The lowest BCUT2D eigenvalue weighted by molar-refractivity contribution is -0.138. The Morgan fingerprint density at radius 3 is 2.36 bits per heavy atom. The zero-order valence-electron chi connectivity index (χ0n) is 5.90. The number of carboxylic acids is 1. The van der Waals surface area contributed by atoms with E-state index in [1.807, 2.05) is 0 Å². The first-order valence-corrected chi connectivity index (χ1v) is 2.74. The molecule has 5 nitrogen and oxygen atoms in total. The molecule has 0 saturated heterocycles. The Balaban J connectivity index is 4.39. The van der Waals surface area contributed by atoms with Crippen molar-refractivity contribution in [3.8, 4) is 0 Å². The van der Waals surface area contributed by atoms with E-state index in [0.29, 0.717) is 6.08 Å². The molecule has 11 heavy (non-hydrogen) atoms. The maximum atomic E-state index is 10.6. The van der Waals surface area contributed by atoms with Gasteiger partial charge in [0.25, 0.3) is 0 Å². The van der Waals surface area contributed by atoms with Gasteiger partial charge in [-0.15, -0.1) is 0 Å². The number of carboxylic acid groups (broad SMARTS) is 1. The average Bonchev–Trinajstić information content (AvgIpc) is 1.98. The second-order valence-electron chi connectivity index (χ2n) is 1.66. The van der Waals surface area contributed by atoms with Crippen LogP contribution in [0.1, 0.15) is 0 Å². The van der Waals surface area contributed by atoms with Gasteiger partial charge in [0.05, 0.1) is 19.3 Å². The summed E-state index contributed by atoms with van der Waals surface area (Å²) in [6.45, 7) is -0.640. The first-order valence-electron chi connectivity index (χ1n) is 2.74. The van der Waals surface area contributed by atoms with Crippen molar-refractivity contribution in [2.75, 3.05) is 13.7 Å². The van der Waals surface area contributed by atoms with E-state index in [1.54, 1.807) is 0 Å². The van der Waals surface area contributed by atoms with Crippen LogP contribution in [0.3, 0.4) is 0 Å². The van der Waals surface area contributed by atoms with Gasteiger partial charge in [0, 0.05) is 6.08 Å². The molecule has 2 N–H and O–H groups in total. The Hall–Kier alpha value is -1.36. The Labute approximate surface area is 62.9 Å². The van der Waals surface area contributed by atoms with Crippen LogP contribution < -0.4 is 0 Å². The highest BCUT2D eigenvalue weighted by Gasteiger charge is 2.09. The van der Waals surface area contributed by atoms with Gasteiger partial charge in [0.1, 0.15) is 0 Å². The molecule has 0 heterocycles. The predicted molar refractivity (Wildman–Crippen MR) is 34.8 cm³/mol. The van der Waals surface area contributed by atoms with Crippen molar-refractivity contribution >= 4 is 11.9 Å². The molecule has 5 heteroatoms. The quantitative estimate of drug-likeness (QED) is 0.415. The van der Waals surface area contributed by atoms with E-state index >= 15 is 0 Å². The monoisotopic (exact) mass is 160 g/mol. The molecule has 0 amide bonds. The molecule has 0 aliphatic carbocycles. The van der Waals surface area contributed by atoms with Crippen molar-refractivity contribution in [3.63, 3.8) is 0 Å². The standard InChI is InChI=1S/C6H8O5/c1-11-6(10)4(3-7)2-5(8)9/h2,7H,3H2,1H3,(H,8,9)/b4-2-. The van der Waals surface area contributed by atoms with Crippen molar-refractivity contribution in [3.05, 3.63) is 11.6 Å². The fraction of sp³-hybridized carbons (Fsp3) is 0.333. The van der Waals surface area contributed by atoms with Crippen LogP contribution in [0.4, 0.5) is 0 Å². The first-order chi connectivity index (χ1) is 5.11. The Bertz CT molecular complexity index is 193. The minimum absolute atomic E-state index is 0.278. The molecule has 0 spiro atoms. The highest BCUT2D eigenvalue weighted by atomic mass is 16.5. The molecule has 0 atom stereocenters. The third kappa shape index (κ3) is 3.36. The van der Waals surface area contributed by atoms with E-state index in [1.165, 1.54) is 0 Å². The van der Waals surface area contributed by atoms with Crippen LogP contribution in [0.2, 0.25) is 0 Å². The zero-order chi connectivity index (χ0) is 8.85. The SMILES string of the molecule is COC(=O)/C(=C\C(=O)O)CO. The van der Waals surface area contributed by atoms with Gasteiger partial charge in [-0.3, -0.25) is 0 Å². The number of ether oxygens (including phenoxy) is 1. The summed E-state index contributed by atoms with van der Waals surface area (Å²) in [5.74, 6) is -2.13. The third-order valence-electron chi connectivity index (χ3n) is 0.916. The number of carbonyl (C=O) groups is 2. The average molecular weight is 160 g/mol. The van der Waals surface area contributed by atoms with E-state index in [-0.39, 0.29) is 5.57 Å². The van der Waals surface area contributed by atoms with Crippen LogP contribution >= 0.6 is 0 Å². The van der Waals surface area contributed by atoms with Crippen molar-refractivity contribution < 1.29 is 24.5 Å². The molecule has 0 aliphatic rings. The maximum Gasteiger partial charge on any atom is 0.336 e. The van der Waals surface area contributed by atoms with Gasteiger partial charge >= 0.3 is 11.9 Å². The Morgan fingerprint density at radius 2 is 2.09 bits per heavy atom. The summed E-state index contributed by atoms with van der Waals surface area (Å²) in [4.78, 5) is 20.6. The Kier molecular flexibility index (Phi) is 3.90. The number of aliphatic hydroxyl groups is 1. The molecule has 0 radical (unpaired) electrons. The lowest BCUT2D eigenvalue weighted by atomic mass is 10.3. The first kappa shape index (κ1) is 9.64. The van der Waals surface area contributed by atoms with Gasteiger partial charge in [-0.2, -0.15) is 0 Å². The Morgan fingerprint density at radius 1 is 1.55 bits per heavy atom. The van der Waals surface area contributed by atoms with Crippen LogP contribution in [0.25, 0.3) is 0 Å². The predicted octanol–water partition coefficient (Wildman–Crippen LogP) is -0.837. The van der Waals surface area contributed by atoms with Crippen LogP contribution in [0, 0.1) is 0 Å². The van der Waals surface area contributed by atoms with E-state index in [9.17, 15) is 9.59 Å². The zero-order valence-corrected chi connectivity index (χ0v) is 5.90. The largest absolute Gasteiger partial charge is 0.478 e. The summed E-state index contributed by atoms with van der Waals surface area (Å²) in [7, 11) is 1.10. The van der Waals surface area contributed by atoms with Crippen LogP contribution in [-0.2, 0) is 14.3 Å². The summed E-state index contributed by atoms with van der Waals surface area (Å²) in [5.41, 5.74) is -0.278. The smallest absolute Gasteiger partial charge is 0.336 e. The molecule has 0 aromatic carbocycles. The molecule has 0 fully saturated rings. The summed E-state index contributed by atoms with van der Waals surface area (Å²) >= 11 is 0. The van der Waals surface area contributed by atoms with Crippen molar-refractivity contribution in [1.82, 2.24) is 0 Å². The highest BCUT2D eigenvalue weighted by molar-refractivity contribution is 5.95. The number of rotatable bonds is 3. The summed E-state index contributed by atoms with van der Waals surface area (Å²) in [5, 5.41) is 16.6. The minimum atomic E-state index is -1.29. The number of esters is 1. The summed E-state index contributed by atoms with van der Waals surface area (Å²) in [6, 6.07) is 0. The fourth-order valence-electron chi connectivity index (χ4n) is 0.449. The fourth-order valence-corrected chi connectivity index (χ4v) is 0.449. The van der Waals surface area contributed by atoms with Crippen molar-refractivity contribution in [1.29, 1.82) is 0 Å². The van der Waals surface area contributed by atoms with Gasteiger partial charge in [0.15, 0.2) is 0 Å². The number of carbonyl (C=O) groups excluding carboxylic acids is 1. The topological polar surface area (TPSA) is 83.8 Å². The maximum absolute atomic E-state index is 10.6. The minimum Gasteiger partial charge on any atom is -0.478 e. The number of aliphatic carboxylic acids is 1. The number of aliphatic hydroxyl groups excluding tert-OH is 1. The molecule has 62 valence electrons. The lowest BCUT2D eigenvalue weighted by Gasteiger charge is -1.98. The van der Waals surface area contributed by atoms with E-state index < -0.39 is 18.5 Å². The van der Waals surface area contributed by atoms with E-state index in [4.69, 9.17) is 10.2 Å². The second kappa shape index (κ2) is 4.45. The molecule has 0 aromatic rings. The van der Waals surface area contributed by atoms with Crippen LogP contribution in [0.15, 0.2) is 11.6 Å². The van der Waals surface area contributed by atoms with Gasteiger partial charge < -0.3 is 14.9 Å². The van der Waals surface area contributed by atoms with Crippen LogP contribution in [-0.4, -0.2) is 35.9 Å². The molecule has 0 unspecified atom stereocenters. The van der Waals surface area contributed by atoms with Gasteiger partial charge in [-0.1, -0.05) is 0 Å². The number of hydrogen-bond acceptors (Lipinski definition) is 4. The van der Waals surface area contributed by atoms with E-state index in [2.05, 4.69) is 4.74 Å². The summed E-state index contributed by atoms with van der Waals surface area (Å²) in [6.07, 6.45) is 0.603. The van der Waals surface area contributed by atoms with Gasteiger partial charge in [-0.05, 0) is 0 Å². The normalized spacial score (nSPS) is 10.9. The molecule has 0 bridgehead atoms. The molecule has 0 rings (SSSR count). The third-order valence-corrected chi connectivity index (χ3v) is 0.916. The molecule has 0 aromatic heterocycles. The molecule has 0 aliphatic heterocycles. The van der Waals surface area contributed by atoms with E-state index in [0.717, 1.165) is 7.11 Å². The number of hydrogen-bond donors (Lipinski definition) is 2. The van der Waals surface area contributed by atoms with Crippen molar-refractivity contribution in [2.24, 2.45) is 0 Å². The second-order valence-corrected chi connectivity index (χ2v) is 1.66. The van der Waals surface area contributed by atoms with Gasteiger partial charge in [-0.25, -0.2) is 9.59 Å². The molecular weight excluding hydrogens is 152 g/mol. The van der Waals surface area contributed by atoms with Crippen LogP contribution in [0.5, 0.6) is 0 Å². The lowest BCUT2D eigenvalue weighted by Crippen LogP contribution is -2.10. The number of methoxy groups -OCH3 is 1. The summed E-state index contributed by atoms with van der Waals surface area (Å²) < 4.78 is 4.17. The van der Waals surface area contributed by atoms with Gasteiger partial charge in [0.2, 0.25) is 0 Å². The molecule has 0 saturated carbocycles. The molecular formula is C6H8O5. The van der Waals surface area contributed by atoms with Crippen molar-refractivity contribution in [2.45, 2.75) is 0 Å².